The number of hydrogen-bond donors (Lipinski definition) is 0. The molecule has 0 saturated heterocycles. The first-order chi connectivity index (χ1) is 11.8. The normalized spacial score (nSPS) is 11.0. The molecule has 1 heterocycles. The van der Waals surface area contributed by atoms with E-state index < -0.39 is 0 Å². The minimum atomic E-state index is 0.159. The third-order valence-electron chi connectivity index (χ3n) is 4.29. The van der Waals surface area contributed by atoms with Crippen LogP contribution in [0.1, 0.15) is 54.6 Å². The van der Waals surface area contributed by atoms with Crippen LogP contribution < -0.4 is 4.74 Å². The minimum absolute atomic E-state index is 0.159. The van der Waals surface area contributed by atoms with Crippen LogP contribution in [0.3, 0.4) is 0 Å². The third kappa shape index (κ3) is 5.05. The summed E-state index contributed by atoms with van der Waals surface area (Å²) < 4.78 is 5.99. The van der Waals surface area contributed by atoms with E-state index in [9.17, 15) is 4.79 Å². The molecule has 1 aromatic heterocycles. The fourth-order valence-corrected chi connectivity index (χ4v) is 3.41. The highest BCUT2D eigenvalue weighted by atomic mass is 32.1. The summed E-state index contributed by atoms with van der Waals surface area (Å²) in [5.74, 6) is 1.07. The van der Waals surface area contributed by atoms with Gasteiger partial charge >= 0.3 is 0 Å². The molecule has 5 heteroatoms. The molecule has 0 atom stereocenters. The number of hydrogen-bond acceptors (Lipinski definition) is 4. The Bertz CT molecular complexity index is 737. The van der Waals surface area contributed by atoms with Crippen LogP contribution in [0.5, 0.6) is 5.75 Å². The van der Waals surface area contributed by atoms with Crippen molar-refractivity contribution in [2.45, 2.75) is 67.2 Å². The molecule has 0 aliphatic heterocycles. The number of benzene rings is 1. The molecule has 0 spiro atoms. The molecular weight excluding hydrogens is 332 g/mol. The zero-order chi connectivity index (χ0) is 18.6. The maximum atomic E-state index is 12.1. The van der Waals surface area contributed by atoms with Crippen LogP contribution in [0.4, 0.5) is 0 Å². The summed E-state index contributed by atoms with van der Waals surface area (Å²) in [5.41, 5.74) is 4.53. The van der Waals surface area contributed by atoms with Crippen LogP contribution in [-0.2, 0) is 17.9 Å². The van der Waals surface area contributed by atoms with Gasteiger partial charge in [-0.2, -0.15) is 0 Å². The summed E-state index contributed by atoms with van der Waals surface area (Å²) in [4.78, 5) is 18.6. The van der Waals surface area contributed by atoms with Crippen molar-refractivity contribution in [3.63, 3.8) is 0 Å². The van der Waals surface area contributed by atoms with E-state index in [1.807, 2.05) is 31.1 Å². The average molecular weight is 361 g/mol. The second-order valence-electron chi connectivity index (χ2n) is 6.70. The Morgan fingerprint density at radius 2 is 2.00 bits per heavy atom. The van der Waals surface area contributed by atoms with E-state index in [-0.39, 0.29) is 11.9 Å². The van der Waals surface area contributed by atoms with Gasteiger partial charge in [0.1, 0.15) is 17.4 Å². The third-order valence-corrected chi connectivity index (χ3v) is 5.16. The quantitative estimate of drug-likeness (QED) is 0.712. The van der Waals surface area contributed by atoms with Gasteiger partial charge in [-0.25, -0.2) is 4.98 Å². The predicted molar refractivity (Wildman–Crippen MR) is 103 cm³/mol. The second kappa shape index (κ2) is 8.48. The smallest absolute Gasteiger partial charge is 0.222 e. The van der Waals surface area contributed by atoms with Crippen molar-refractivity contribution in [3.8, 4) is 5.75 Å². The van der Waals surface area contributed by atoms with Gasteiger partial charge in [-0.15, -0.1) is 11.3 Å². The highest BCUT2D eigenvalue weighted by molar-refractivity contribution is 7.09. The molecule has 0 fully saturated rings. The number of carbonyl (C=O) groups is 1. The number of nitrogens with zero attached hydrogens (tertiary/aromatic N) is 2. The number of rotatable bonds is 7. The van der Waals surface area contributed by atoms with Gasteiger partial charge in [0.15, 0.2) is 0 Å². The average Bonchev–Trinajstić information content (AvgIpc) is 3.01. The first-order valence-electron chi connectivity index (χ1n) is 8.75. The summed E-state index contributed by atoms with van der Waals surface area (Å²) in [5, 5.41) is 2.95. The van der Waals surface area contributed by atoms with Crippen molar-refractivity contribution >= 4 is 17.2 Å². The maximum absolute atomic E-state index is 12.1. The van der Waals surface area contributed by atoms with Crippen LogP contribution in [-0.4, -0.2) is 21.8 Å². The second-order valence-corrected chi connectivity index (χ2v) is 7.64. The van der Waals surface area contributed by atoms with Gasteiger partial charge in [0, 0.05) is 17.8 Å². The number of amides is 1. The molecule has 0 radical (unpaired) electrons. The summed E-state index contributed by atoms with van der Waals surface area (Å²) >= 11 is 1.58. The van der Waals surface area contributed by atoms with E-state index in [1.165, 1.54) is 16.7 Å². The Kier molecular flexibility index (Phi) is 6.59. The Hall–Kier alpha value is -1.88. The lowest BCUT2D eigenvalue weighted by Crippen LogP contribution is -2.35. The van der Waals surface area contributed by atoms with Crippen LogP contribution in [0.15, 0.2) is 17.5 Å². The maximum Gasteiger partial charge on any atom is 0.222 e. The highest BCUT2D eigenvalue weighted by Crippen LogP contribution is 2.25. The van der Waals surface area contributed by atoms with Gasteiger partial charge in [0.05, 0.1) is 12.2 Å². The van der Waals surface area contributed by atoms with E-state index in [0.29, 0.717) is 19.6 Å². The first kappa shape index (κ1) is 19.4. The van der Waals surface area contributed by atoms with Crippen molar-refractivity contribution in [3.05, 3.63) is 44.9 Å². The Labute approximate surface area is 154 Å². The lowest BCUT2D eigenvalue weighted by Gasteiger charge is -2.25. The van der Waals surface area contributed by atoms with Crippen LogP contribution in [0, 0.1) is 20.8 Å². The van der Waals surface area contributed by atoms with Gasteiger partial charge < -0.3 is 9.64 Å². The SMILES string of the molecule is CCC(=O)N(Cc1csc(COc2cc(C)cc(C)c2C)n1)C(C)C. The minimum Gasteiger partial charge on any atom is -0.486 e. The van der Waals surface area contributed by atoms with E-state index in [4.69, 9.17) is 4.74 Å². The molecular formula is C20H28N2O2S. The Morgan fingerprint density at radius 3 is 2.64 bits per heavy atom. The van der Waals surface area contributed by atoms with Gasteiger partial charge in [-0.3, -0.25) is 4.79 Å². The number of thiazole rings is 1. The molecule has 0 saturated carbocycles. The van der Waals surface area contributed by atoms with E-state index in [0.717, 1.165) is 16.5 Å². The van der Waals surface area contributed by atoms with E-state index in [2.05, 4.69) is 37.9 Å². The van der Waals surface area contributed by atoms with Crippen molar-refractivity contribution in [1.29, 1.82) is 0 Å². The molecule has 1 aromatic carbocycles. The Morgan fingerprint density at radius 1 is 1.28 bits per heavy atom. The van der Waals surface area contributed by atoms with Gasteiger partial charge in [0.2, 0.25) is 5.91 Å². The molecule has 25 heavy (non-hydrogen) atoms. The van der Waals surface area contributed by atoms with Crippen LogP contribution >= 0.6 is 11.3 Å². The fraction of sp³-hybridized carbons (Fsp3) is 0.500. The van der Waals surface area contributed by atoms with Crippen molar-refractivity contribution < 1.29 is 9.53 Å². The summed E-state index contributed by atoms with van der Waals surface area (Å²) in [6, 6.07) is 4.40. The van der Waals surface area contributed by atoms with Crippen molar-refractivity contribution in [2.75, 3.05) is 0 Å². The fourth-order valence-electron chi connectivity index (χ4n) is 2.71. The molecule has 1 amide bonds. The van der Waals surface area contributed by atoms with Crippen molar-refractivity contribution in [1.82, 2.24) is 9.88 Å². The molecule has 0 bridgehead atoms. The molecule has 0 N–H and O–H groups in total. The molecule has 2 rings (SSSR count). The largest absolute Gasteiger partial charge is 0.486 e. The standard InChI is InChI=1S/C20H28N2O2S/c1-7-20(23)22(13(2)3)10-17-12-25-19(21-17)11-24-18-9-14(4)8-15(5)16(18)6/h8-9,12-13H,7,10-11H2,1-6H3. The summed E-state index contributed by atoms with van der Waals surface area (Å²) in [7, 11) is 0. The number of carbonyl (C=O) groups excluding carboxylic acids is 1. The molecule has 0 unspecified atom stereocenters. The highest BCUT2D eigenvalue weighted by Gasteiger charge is 2.17. The van der Waals surface area contributed by atoms with Gasteiger partial charge in [-0.05, 0) is 57.4 Å². The van der Waals surface area contributed by atoms with Crippen LogP contribution in [0.2, 0.25) is 0 Å². The topological polar surface area (TPSA) is 42.4 Å². The van der Waals surface area contributed by atoms with Crippen molar-refractivity contribution in [2.24, 2.45) is 0 Å². The number of aryl methyl sites for hydroxylation is 2. The number of aromatic nitrogens is 1. The predicted octanol–water partition coefficient (Wildman–Crippen LogP) is 4.79. The molecule has 4 nitrogen and oxygen atoms in total. The summed E-state index contributed by atoms with van der Waals surface area (Å²) in [6.45, 7) is 13.2. The summed E-state index contributed by atoms with van der Waals surface area (Å²) in [6.07, 6.45) is 0.518. The van der Waals surface area contributed by atoms with E-state index >= 15 is 0 Å². The van der Waals surface area contributed by atoms with E-state index in [1.54, 1.807) is 11.3 Å². The van der Waals surface area contributed by atoms with Gasteiger partial charge in [0.25, 0.3) is 0 Å². The Balaban J connectivity index is 2.03. The zero-order valence-electron chi connectivity index (χ0n) is 16.0. The monoisotopic (exact) mass is 360 g/mol. The first-order valence-corrected chi connectivity index (χ1v) is 9.63. The molecule has 0 aliphatic rings. The lowest BCUT2D eigenvalue weighted by molar-refractivity contribution is -0.133. The lowest BCUT2D eigenvalue weighted by atomic mass is 10.1. The van der Waals surface area contributed by atoms with Gasteiger partial charge in [-0.1, -0.05) is 13.0 Å². The molecule has 2 aromatic rings. The molecule has 136 valence electrons. The molecule has 0 aliphatic carbocycles. The van der Waals surface area contributed by atoms with Crippen LogP contribution in [0.25, 0.3) is 0 Å². The number of ether oxygens (including phenoxy) is 1. The zero-order valence-corrected chi connectivity index (χ0v) is 16.9.